The van der Waals surface area contributed by atoms with Gasteiger partial charge in [0.2, 0.25) is 11.8 Å². The molecule has 112 valence electrons. The first-order valence-electron chi connectivity index (χ1n) is 7.18. The van der Waals surface area contributed by atoms with Crippen molar-refractivity contribution in [3.05, 3.63) is 11.7 Å². The third kappa shape index (κ3) is 2.65. The number of amides is 2. The summed E-state index contributed by atoms with van der Waals surface area (Å²) in [5.74, 6) is 0.820. The van der Waals surface area contributed by atoms with Gasteiger partial charge in [0.25, 0.3) is 5.91 Å². The van der Waals surface area contributed by atoms with Gasteiger partial charge in [-0.05, 0) is 12.8 Å². The molecule has 0 saturated carbocycles. The Morgan fingerprint density at radius 2 is 2.33 bits per heavy atom. The van der Waals surface area contributed by atoms with E-state index in [0.29, 0.717) is 43.2 Å². The first-order valence-corrected chi connectivity index (χ1v) is 7.18. The van der Waals surface area contributed by atoms with Crippen LogP contribution in [0.4, 0.5) is 0 Å². The van der Waals surface area contributed by atoms with Gasteiger partial charge in [0.1, 0.15) is 5.71 Å². The molecule has 3 heterocycles. The molecule has 0 bridgehead atoms. The largest absolute Gasteiger partial charge is 0.339 e. The average molecular weight is 291 g/mol. The molecule has 0 aliphatic carbocycles. The highest BCUT2D eigenvalue weighted by molar-refractivity contribution is 6.39. The molecule has 1 aromatic rings. The Hall–Kier alpha value is -2.25. The van der Waals surface area contributed by atoms with E-state index in [1.165, 1.54) is 0 Å². The van der Waals surface area contributed by atoms with E-state index in [4.69, 9.17) is 4.52 Å². The number of hydrogen-bond donors (Lipinski definition) is 1. The van der Waals surface area contributed by atoms with Crippen LogP contribution in [0.5, 0.6) is 0 Å². The topological polar surface area (TPSA) is 101 Å². The lowest BCUT2D eigenvalue weighted by Gasteiger charge is -2.23. The lowest BCUT2D eigenvalue weighted by atomic mass is 10.1. The summed E-state index contributed by atoms with van der Waals surface area (Å²) >= 11 is 0. The van der Waals surface area contributed by atoms with Crippen molar-refractivity contribution in [2.45, 2.75) is 45.1 Å². The predicted octanol–water partition coefficient (Wildman–Crippen LogP) is 0.561. The quantitative estimate of drug-likeness (QED) is 0.877. The molecule has 21 heavy (non-hydrogen) atoms. The second kappa shape index (κ2) is 5.63. The minimum Gasteiger partial charge on any atom is -0.339 e. The van der Waals surface area contributed by atoms with Crippen molar-refractivity contribution in [3.8, 4) is 0 Å². The zero-order valence-corrected chi connectivity index (χ0v) is 11.8. The molecular formula is C13H17N5O3. The molecule has 3 rings (SSSR count). The maximum absolute atomic E-state index is 12.5. The highest BCUT2D eigenvalue weighted by atomic mass is 16.5. The third-order valence-corrected chi connectivity index (χ3v) is 3.75. The molecule has 8 nitrogen and oxygen atoms in total. The van der Waals surface area contributed by atoms with Gasteiger partial charge in [-0.1, -0.05) is 12.1 Å². The average Bonchev–Trinajstić information content (AvgIpc) is 3.15. The van der Waals surface area contributed by atoms with Crippen LogP contribution in [0.1, 0.15) is 50.4 Å². The molecule has 0 aromatic carbocycles. The molecule has 1 unspecified atom stereocenters. The second-order valence-corrected chi connectivity index (χ2v) is 5.15. The monoisotopic (exact) mass is 291 g/mol. The van der Waals surface area contributed by atoms with Crippen LogP contribution in [0.2, 0.25) is 0 Å². The molecule has 1 fully saturated rings. The SMILES string of the molecule is CCc1nc(C2CCCN2C(=O)C2=NNC(=O)CC2)no1. The maximum atomic E-state index is 12.5. The molecule has 8 heteroatoms. The summed E-state index contributed by atoms with van der Waals surface area (Å²) in [6, 6.07) is -0.165. The van der Waals surface area contributed by atoms with Crippen LogP contribution in [0.25, 0.3) is 0 Å². The minimum atomic E-state index is -0.165. The first-order chi connectivity index (χ1) is 10.2. The van der Waals surface area contributed by atoms with Crippen LogP contribution in [-0.4, -0.2) is 39.1 Å². The van der Waals surface area contributed by atoms with Gasteiger partial charge in [-0.2, -0.15) is 10.1 Å². The highest BCUT2D eigenvalue weighted by Crippen LogP contribution is 2.30. The molecule has 0 spiro atoms. The summed E-state index contributed by atoms with van der Waals surface area (Å²) in [4.78, 5) is 29.7. The van der Waals surface area contributed by atoms with E-state index in [-0.39, 0.29) is 17.9 Å². The van der Waals surface area contributed by atoms with E-state index >= 15 is 0 Å². The predicted molar refractivity (Wildman–Crippen MR) is 72.2 cm³/mol. The number of nitrogens with one attached hydrogen (secondary N) is 1. The Labute approximate surface area is 121 Å². The van der Waals surface area contributed by atoms with Crippen molar-refractivity contribution in [3.63, 3.8) is 0 Å². The van der Waals surface area contributed by atoms with E-state index in [1.54, 1.807) is 4.90 Å². The van der Waals surface area contributed by atoms with Crippen LogP contribution < -0.4 is 5.43 Å². The van der Waals surface area contributed by atoms with E-state index in [9.17, 15) is 9.59 Å². The van der Waals surface area contributed by atoms with E-state index in [0.717, 1.165) is 12.8 Å². The standard InChI is InChI=1S/C13H17N5O3/c1-2-11-14-12(17-21-11)9-4-3-7-18(9)13(20)8-5-6-10(19)16-15-8/h9H,2-7H2,1H3,(H,16,19). The Morgan fingerprint density at radius 3 is 3.00 bits per heavy atom. The number of rotatable bonds is 3. The van der Waals surface area contributed by atoms with Crippen LogP contribution in [0.15, 0.2) is 9.62 Å². The van der Waals surface area contributed by atoms with Gasteiger partial charge in [0, 0.05) is 25.8 Å². The van der Waals surface area contributed by atoms with Crippen molar-refractivity contribution in [2.24, 2.45) is 5.10 Å². The molecule has 1 atom stereocenters. The normalized spacial score (nSPS) is 22.1. The highest BCUT2D eigenvalue weighted by Gasteiger charge is 2.35. The Morgan fingerprint density at radius 1 is 1.48 bits per heavy atom. The van der Waals surface area contributed by atoms with Crippen LogP contribution >= 0.6 is 0 Å². The van der Waals surface area contributed by atoms with Gasteiger partial charge in [-0.3, -0.25) is 9.59 Å². The first kappa shape index (κ1) is 13.7. The fraction of sp³-hybridized carbons (Fsp3) is 0.615. The van der Waals surface area contributed by atoms with Gasteiger partial charge in [-0.15, -0.1) is 0 Å². The lowest BCUT2D eigenvalue weighted by Crippen LogP contribution is -2.40. The zero-order valence-electron chi connectivity index (χ0n) is 11.8. The Kier molecular flexibility index (Phi) is 3.68. The van der Waals surface area contributed by atoms with Crippen molar-refractivity contribution in [1.82, 2.24) is 20.5 Å². The van der Waals surface area contributed by atoms with Gasteiger partial charge < -0.3 is 9.42 Å². The van der Waals surface area contributed by atoms with Gasteiger partial charge in [0.15, 0.2) is 5.82 Å². The molecule has 2 aliphatic heterocycles. The smallest absolute Gasteiger partial charge is 0.270 e. The summed E-state index contributed by atoms with van der Waals surface area (Å²) in [6.45, 7) is 2.58. The fourth-order valence-electron chi connectivity index (χ4n) is 2.62. The number of hydrogen-bond acceptors (Lipinski definition) is 6. The fourth-order valence-corrected chi connectivity index (χ4v) is 2.62. The van der Waals surface area contributed by atoms with Crippen LogP contribution in [0.3, 0.4) is 0 Å². The molecule has 1 N–H and O–H groups in total. The number of aromatic nitrogens is 2. The number of carbonyl (C=O) groups excluding carboxylic acids is 2. The van der Waals surface area contributed by atoms with Crippen LogP contribution in [-0.2, 0) is 16.0 Å². The molecule has 1 aromatic heterocycles. The number of likely N-dealkylation sites (tertiary alicyclic amines) is 1. The lowest BCUT2D eigenvalue weighted by molar-refractivity contribution is -0.125. The third-order valence-electron chi connectivity index (χ3n) is 3.75. The second-order valence-electron chi connectivity index (χ2n) is 5.15. The van der Waals surface area contributed by atoms with E-state index < -0.39 is 0 Å². The Bertz CT molecular complexity index is 594. The molecule has 1 saturated heterocycles. The van der Waals surface area contributed by atoms with Crippen molar-refractivity contribution < 1.29 is 14.1 Å². The number of hydrazone groups is 1. The summed E-state index contributed by atoms with van der Waals surface area (Å²) in [6.07, 6.45) is 3.05. The van der Waals surface area contributed by atoms with Gasteiger partial charge in [0.05, 0.1) is 6.04 Å². The summed E-state index contributed by atoms with van der Waals surface area (Å²) in [5.41, 5.74) is 2.75. The molecule has 0 radical (unpaired) electrons. The molecular weight excluding hydrogens is 274 g/mol. The molecule has 2 aliphatic rings. The van der Waals surface area contributed by atoms with Crippen LogP contribution in [0, 0.1) is 0 Å². The maximum Gasteiger partial charge on any atom is 0.270 e. The summed E-state index contributed by atoms with van der Waals surface area (Å²) in [5, 5.41) is 7.84. The minimum absolute atomic E-state index is 0.152. The van der Waals surface area contributed by atoms with Gasteiger partial charge >= 0.3 is 0 Å². The number of nitrogens with zero attached hydrogens (tertiary/aromatic N) is 4. The van der Waals surface area contributed by atoms with E-state index in [1.807, 2.05) is 6.92 Å². The number of carbonyl (C=O) groups is 2. The van der Waals surface area contributed by atoms with Crippen molar-refractivity contribution >= 4 is 17.5 Å². The van der Waals surface area contributed by atoms with E-state index in [2.05, 4.69) is 20.7 Å². The van der Waals surface area contributed by atoms with Gasteiger partial charge in [-0.25, -0.2) is 5.43 Å². The summed E-state index contributed by atoms with van der Waals surface area (Å²) in [7, 11) is 0. The molecule has 2 amide bonds. The number of aryl methyl sites for hydroxylation is 1. The zero-order chi connectivity index (χ0) is 14.8. The van der Waals surface area contributed by atoms with Crippen molar-refractivity contribution in [1.29, 1.82) is 0 Å². The van der Waals surface area contributed by atoms with Crippen molar-refractivity contribution in [2.75, 3.05) is 6.54 Å². The summed E-state index contributed by atoms with van der Waals surface area (Å²) < 4.78 is 5.13. The Balaban J connectivity index is 1.77.